The first-order chi connectivity index (χ1) is 15.1. The average molecular weight is 418 g/mol. The van der Waals surface area contributed by atoms with Crippen LogP contribution in [0.4, 0.5) is 0 Å². The fourth-order valence-corrected chi connectivity index (χ4v) is 5.21. The summed E-state index contributed by atoms with van der Waals surface area (Å²) in [6.45, 7) is 2.43. The lowest BCUT2D eigenvalue weighted by molar-refractivity contribution is -0.136. The van der Waals surface area contributed by atoms with Gasteiger partial charge in [-0.3, -0.25) is 24.6 Å². The molecule has 2 aromatic rings. The average Bonchev–Trinajstić information content (AvgIpc) is 3.11. The standard InChI is InChI=1S/C24H26N4O3/c25-12-20-18-7-2-1-4-15(18)10-11-27(20)13-16-5-3-6-17-14-28(24(31)22(16)17)19-8-9-21(29)26-23(19)30/h1-7,19-20H,8-14,25H2,(H,26,29,30). The van der Waals surface area contributed by atoms with E-state index in [4.69, 9.17) is 5.73 Å². The van der Waals surface area contributed by atoms with Gasteiger partial charge < -0.3 is 10.6 Å². The van der Waals surface area contributed by atoms with E-state index in [0.29, 0.717) is 31.6 Å². The highest BCUT2D eigenvalue weighted by atomic mass is 16.2. The summed E-state index contributed by atoms with van der Waals surface area (Å²) >= 11 is 0. The number of amides is 3. The van der Waals surface area contributed by atoms with Crippen molar-refractivity contribution < 1.29 is 14.4 Å². The largest absolute Gasteiger partial charge is 0.329 e. The summed E-state index contributed by atoms with van der Waals surface area (Å²) in [4.78, 5) is 41.2. The van der Waals surface area contributed by atoms with Crippen LogP contribution < -0.4 is 11.1 Å². The van der Waals surface area contributed by atoms with Crippen molar-refractivity contribution in [2.75, 3.05) is 13.1 Å². The Balaban J connectivity index is 1.41. The molecule has 1 fully saturated rings. The van der Waals surface area contributed by atoms with Crippen molar-refractivity contribution in [1.82, 2.24) is 15.1 Å². The van der Waals surface area contributed by atoms with Gasteiger partial charge >= 0.3 is 0 Å². The Morgan fingerprint density at radius 2 is 1.81 bits per heavy atom. The molecule has 7 nitrogen and oxygen atoms in total. The first-order valence-electron chi connectivity index (χ1n) is 10.8. The predicted octanol–water partition coefficient (Wildman–Crippen LogP) is 1.51. The van der Waals surface area contributed by atoms with Crippen molar-refractivity contribution in [2.45, 2.75) is 44.4 Å². The molecule has 2 unspecified atom stereocenters. The van der Waals surface area contributed by atoms with Crippen LogP contribution >= 0.6 is 0 Å². The van der Waals surface area contributed by atoms with E-state index >= 15 is 0 Å². The van der Waals surface area contributed by atoms with Crippen LogP contribution in [0.25, 0.3) is 0 Å². The van der Waals surface area contributed by atoms with Gasteiger partial charge in [-0.25, -0.2) is 0 Å². The second-order valence-corrected chi connectivity index (χ2v) is 8.52. The second kappa shape index (κ2) is 7.90. The predicted molar refractivity (Wildman–Crippen MR) is 115 cm³/mol. The molecule has 0 radical (unpaired) electrons. The van der Waals surface area contributed by atoms with Crippen molar-refractivity contribution >= 4 is 17.7 Å². The minimum atomic E-state index is -0.593. The fraction of sp³-hybridized carbons (Fsp3) is 0.375. The monoisotopic (exact) mass is 418 g/mol. The number of fused-ring (bicyclic) bond motifs is 2. The molecule has 3 aliphatic heterocycles. The van der Waals surface area contributed by atoms with Crippen LogP contribution in [0.15, 0.2) is 42.5 Å². The normalized spacial score (nSPS) is 23.5. The van der Waals surface area contributed by atoms with Crippen LogP contribution in [0.5, 0.6) is 0 Å². The number of rotatable bonds is 4. The molecular formula is C24H26N4O3. The molecule has 0 bridgehead atoms. The second-order valence-electron chi connectivity index (χ2n) is 8.52. The van der Waals surface area contributed by atoms with E-state index in [-0.39, 0.29) is 30.2 Å². The van der Waals surface area contributed by atoms with Crippen molar-refractivity contribution in [1.29, 1.82) is 0 Å². The van der Waals surface area contributed by atoms with Gasteiger partial charge in [0.1, 0.15) is 6.04 Å². The topological polar surface area (TPSA) is 95.7 Å². The Hall–Kier alpha value is -3.03. The van der Waals surface area contributed by atoms with Gasteiger partial charge in [-0.1, -0.05) is 42.5 Å². The molecular weight excluding hydrogens is 392 g/mol. The molecule has 0 aliphatic carbocycles. The Kier molecular flexibility index (Phi) is 5.08. The molecule has 3 N–H and O–H groups in total. The van der Waals surface area contributed by atoms with E-state index in [2.05, 4.69) is 28.4 Å². The summed E-state index contributed by atoms with van der Waals surface area (Å²) in [6, 6.07) is 13.9. The van der Waals surface area contributed by atoms with E-state index in [9.17, 15) is 14.4 Å². The maximum Gasteiger partial charge on any atom is 0.255 e. The molecule has 3 amide bonds. The Morgan fingerprint density at radius 3 is 2.61 bits per heavy atom. The zero-order valence-corrected chi connectivity index (χ0v) is 17.3. The highest BCUT2D eigenvalue weighted by Gasteiger charge is 2.40. The van der Waals surface area contributed by atoms with Gasteiger partial charge in [-0.2, -0.15) is 0 Å². The molecule has 1 saturated heterocycles. The van der Waals surface area contributed by atoms with Crippen LogP contribution in [0.3, 0.4) is 0 Å². The summed E-state index contributed by atoms with van der Waals surface area (Å²) < 4.78 is 0. The first kappa shape index (κ1) is 19.9. The van der Waals surface area contributed by atoms with Crippen LogP contribution in [0, 0.1) is 0 Å². The lowest BCUT2D eigenvalue weighted by Gasteiger charge is -2.37. The number of imide groups is 1. The molecule has 31 heavy (non-hydrogen) atoms. The summed E-state index contributed by atoms with van der Waals surface area (Å²) in [5, 5.41) is 2.36. The lowest BCUT2D eigenvalue weighted by atomic mass is 9.91. The van der Waals surface area contributed by atoms with Gasteiger partial charge in [0.2, 0.25) is 11.8 Å². The summed E-state index contributed by atoms with van der Waals surface area (Å²) in [5.74, 6) is -0.777. The number of benzene rings is 2. The third-order valence-electron chi connectivity index (χ3n) is 6.76. The van der Waals surface area contributed by atoms with Crippen LogP contribution in [0.2, 0.25) is 0 Å². The van der Waals surface area contributed by atoms with Crippen molar-refractivity contribution in [2.24, 2.45) is 5.73 Å². The first-order valence-corrected chi connectivity index (χ1v) is 10.8. The van der Waals surface area contributed by atoms with E-state index in [0.717, 1.165) is 24.1 Å². The van der Waals surface area contributed by atoms with Crippen molar-refractivity contribution in [3.8, 4) is 0 Å². The SMILES string of the molecule is NCC1c2ccccc2CCN1Cc1cccc2c1C(=O)N(C1CCC(=O)NC1=O)C2. The fourth-order valence-electron chi connectivity index (χ4n) is 5.21. The Labute approximate surface area is 181 Å². The molecule has 160 valence electrons. The zero-order valence-electron chi connectivity index (χ0n) is 17.3. The van der Waals surface area contributed by atoms with Gasteiger partial charge in [0, 0.05) is 44.2 Å². The zero-order chi connectivity index (χ0) is 21.5. The minimum absolute atomic E-state index is 0.114. The number of hydrogen-bond acceptors (Lipinski definition) is 5. The van der Waals surface area contributed by atoms with Gasteiger partial charge in [-0.05, 0) is 35.1 Å². The highest BCUT2D eigenvalue weighted by Crippen LogP contribution is 2.34. The molecule has 3 heterocycles. The van der Waals surface area contributed by atoms with Gasteiger partial charge in [0.05, 0.1) is 0 Å². The molecule has 3 aliphatic rings. The molecule has 0 spiro atoms. The third-order valence-corrected chi connectivity index (χ3v) is 6.76. The van der Waals surface area contributed by atoms with Crippen LogP contribution in [-0.2, 0) is 29.1 Å². The molecule has 0 aromatic heterocycles. The summed E-state index contributed by atoms with van der Waals surface area (Å²) in [6.07, 6.45) is 1.59. The molecule has 7 heteroatoms. The van der Waals surface area contributed by atoms with Crippen molar-refractivity contribution in [3.05, 3.63) is 70.3 Å². The Morgan fingerprint density at radius 1 is 1.00 bits per heavy atom. The van der Waals surface area contributed by atoms with E-state index in [1.54, 1.807) is 4.90 Å². The van der Waals surface area contributed by atoms with Crippen molar-refractivity contribution in [3.63, 3.8) is 0 Å². The number of carbonyl (C=O) groups is 3. The Bertz CT molecular complexity index is 1070. The third kappa shape index (κ3) is 3.43. The minimum Gasteiger partial charge on any atom is -0.329 e. The molecule has 2 aromatic carbocycles. The van der Waals surface area contributed by atoms with E-state index in [1.165, 1.54) is 11.1 Å². The van der Waals surface area contributed by atoms with Crippen LogP contribution in [-0.4, -0.2) is 46.7 Å². The van der Waals surface area contributed by atoms with Crippen LogP contribution in [0.1, 0.15) is 51.5 Å². The van der Waals surface area contributed by atoms with Gasteiger partial charge in [0.25, 0.3) is 5.91 Å². The quantitative estimate of drug-likeness (QED) is 0.734. The molecule has 2 atom stereocenters. The van der Waals surface area contributed by atoms with E-state index in [1.807, 2.05) is 24.3 Å². The maximum absolute atomic E-state index is 13.4. The van der Waals surface area contributed by atoms with Gasteiger partial charge in [0.15, 0.2) is 0 Å². The number of piperidine rings is 1. The van der Waals surface area contributed by atoms with E-state index < -0.39 is 6.04 Å². The highest BCUT2D eigenvalue weighted by molar-refractivity contribution is 6.06. The number of nitrogens with two attached hydrogens (primary N) is 1. The molecule has 0 saturated carbocycles. The number of carbonyl (C=O) groups excluding carboxylic acids is 3. The lowest BCUT2D eigenvalue weighted by Crippen LogP contribution is -2.52. The molecule has 5 rings (SSSR count). The number of nitrogens with one attached hydrogen (secondary N) is 1. The number of hydrogen-bond donors (Lipinski definition) is 2. The number of nitrogens with zero attached hydrogens (tertiary/aromatic N) is 2. The summed E-state index contributed by atoms with van der Waals surface area (Å²) in [7, 11) is 0. The summed E-state index contributed by atoms with van der Waals surface area (Å²) in [5.41, 5.74) is 11.4. The maximum atomic E-state index is 13.4. The smallest absolute Gasteiger partial charge is 0.255 e. The van der Waals surface area contributed by atoms with Gasteiger partial charge in [-0.15, -0.1) is 0 Å².